The van der Waals surface area contributed by atoms with Gasteiger partial charge in [0.15, 0.2) is 10.2 Å². The maximum atomic E-state index is 5.74. The van der Waals surface area contributed by atoms with Gasteiger partial charge in [0.05, 0.1) is 22.9 Å². The predicted octanol–water partition coefficient (Wildman–Crippen LogP) is 4.75. The van der Waals surface area contributed by atoms with Gasteiger partial charge in [-0.3, -0.25) is 5.43 Å². The molecule has 4 rings (SSSR count). The molecular formula is C18H14N4OS. The Hall–Kier alpha value is -2.99. The van der Waals surface area contributed by atoms with Crippen LogP contribution in [0.1, 0.15) is 5.76 Å². The number of nitrogens with one attached hydrogen (secondary N) is 2. The zero-order valence-corrected chi connectivity index (χ0v) is 13.5. The maximum Gasteiger partial charge on any atom is 0.174 e. The number of rotatable bonds is 5. The molecule has 5 nitrogen and oxygen atoms in total. The van der Waals surface area contributed by atoms with Crippen LogP contribution in [0.2, 0.25) is 0 Å². The second-order valence-electron chi connectivity index (χ2n) is 5.05. The Balaban J connectivity index is 1.42. The van der Waals surface area contributed by atoms with Crippen molar-refractivity contribution in [1.29, 1.82) is 0 Å². The summed E-state index contributed by atoms with van der Waals surface area (Å²) >= 11 is 1.45. The van der Waals surface area contributed by atoms with E-state index in [9.17, 15) is 0 Å². The van der Waals surface area contributed by atoms with Gasteiger partial charge in [0.1, 0.15) is 5.76 Å². The molecule has 2 heterocycles. The minimum atomic E-state index is 0.678. The summed E-state index contributed by atoms with van der Waals surface area (Å²) in [5, 5.41) is 5.73. The number of hydrogen-bond donors (Lipinski definition) is 2. The minimum absolute atomic E-state index is 0.678. The van der Waals surface area contributed by atoms with E-state index in [-0.39, 0.29) is 0 Å². The third kappa shape index (κ3) is 3.33. The number of furan rings is 1. The summed E-state index contributed by atoms with van der Waals surface area (Å²) in [6.07, 6.45) is 1.65. The predicted molar refractivity (Wildman–Crippen MR) is 96.6 cm³/mol. The fourth-order valence-electron chi connectivity index (χ4n) is 2.21. The molecule has 2 aromatic heterocycles. The van der Waals surface area contributed by atoms with Crippen LogP contribution in [0, 0.1) is 0 Å². The summed E-state index contributed by atoms with van der Waals surface area (Å²) in [7, 11) is 0. The molecule has 0 fully saturated rings. The number of para-hydroxylation sites is 3. The zero-order chi connectivity index (χ0) is 16.2. The molecule has 0 amide bonds. The Bertz CT molecular complexity index is 942. The molecule has 2 aromatic carbocycles. The molecule has 2 N–H and O–H groups in total. The maximum absolute atomic E-state index is 5.74. The number of H-pyrrole nitrogens is 1. The highest BCUT2D eigenvalue weighted by Gasteiger charge is 2.07. The zero-order valence-electron chi connectivity index (χ0n) is 12.6. The lowest BCUT2D eigenvalue weighted by Crippen LogP contribution is -1.88. The first-order chi connectivity index (χ1) is 11.9. The number of aromatic nitrogens is 2. The molecule has 0 radical (unpaired) electrons. The average Bonchev–Trinajstić information content (AvgIpc) is 3.22. The van der Waals surface area contributed by atoms with Gasteiger partial charge >= 0.3 is 0 Å². The van der Waals surface area contributed by atoms with Gasteiger partial charge < -0.3 is 9.40 Å². The van der Waals surface area contributed by atoms with E-state index in [4.69, 9.17) is 4.42 Å². The molecule has 0 saturated heterocycles. The minimum Gasteiger partial charge on any atom is -0.448 e. The van der Waals surface area contributed by atoms with Crippen LogP contribution in [0.4, 0.5) is 5.69 Å². The second-order valence-corrected chi connectivity index (χ2v) is 6.05. The lowest BCUT2D eigenvalue weighted by molar-refractivity contribution is 0.468. The van der Waals surface area contributed by atoms with Crippen molar-refractivity contribution >= 4 is 34.7 Å². The van der Waals surface area contributed by atoms with Gasteiger partial charge in [0, 0.05) is 0 Å². The Kier molecular flexibility index (Phi) is 4.04. The number of benzene rings is 2. The smallest absolute Gasteiger partial charge is 0.174 e. The van der Waals surface area contributed by atoms with E-state index in [0.29, 0.717) is 5.76 Å². The summed E-state index contributed by atoms with van der Waals surface area (Å²) in [6, 6.07) is 21.5. The third-order valence-electron chi connectivity index (χ3n) is 3.33. The van der Waals surface area contributed by atoms with Gasteiger partial charge in [-0.05, 0) is 48.2 Å². The van der Waals surface area contributed by atoms with Gasteiger partial charge in [-0.25, -0.2) is 4.98 Å². The van der Waals surface area contributed by atoms with E-state index < -0.39 is 0 Å². The second kappa shape index (κ2) is 6.64. The normalized spacial score (nSPS) is 11.3. The van der Waals surface area contributed by atoms with E-state index in [1.54, 1.807) is 6.21 Å². The molecule has 0 saturated carbocycles. The molecule has 4 aromatic rings. The molecule has 0 aliphatic heterocycles. The molecule has 118 valence electrons. The Morgan fingerprint density at radius 2 is 1.83 bits per heavy atom. The number of hydrazone groups is 1. The van der Waals surface area contributed by atoms with Crippen LogP contribution < -0.4 is 5.43 Å². The highest BCUT2D eigenvalue weighted by molar-refractivity contribution is 7.99. The van der Waals surface area contributed by atoms with Crippen molar-refractivity contribution in [2.24, 2.45) is 5.10 Å². The lowest BCUT2D eigenvalue weighted by atomic mass is 10.3. The van der Waals surface area contributed by atoms with E-state index in [2.05, 4.69) is 20.5 Å². The van der Waals surface area contributed by atoms with Gasteiger partial charge in [-0.15, -0.1) is 0 Å². The molecule has 0 unspecified atom stereocenters. The Labute approximate surface area is 142 Å². The van der Waals surface area contributed by atoms with Crippen molar-refractivity contribution in [3.05, 3.63) is 72.5 Å². The SMILES string of the molecule is C(=NNc1ccccc1)c1ccc(Sc2nc3ccccc3[nH]2)o1. The summed E-state index contributed by atoms with van der Waals surface area (Å²) in [4.78, 5) is 7.78. The van der Waals surface area contributed by atoms with E-state index in [1.807, 2.05) is 66.7 Å². The molecule has 0 bridgehead atoms. The number of nitrogens with zero attached hydrogens (tertiary/aromatic N) is 2. The number of anilines is 1. The van der Waals surface area contributed by atoms with Crippen LogP contribution in [-0.2, 0) is 0 Å². The third-order valence-corrected chi connectivity index (χ3v) is 4.13. The van der Waals surface area contributed by atoms with Gasteiger partial charge in [-0.2, -0.15) is 5.10 Å². The van der Waals surface area contributed by atoms with Crippen LogP contribution >= 0.6 is 11.8 Å². The number of hydrogen-bond acceptors (Lipinski definition) is 5. The Morgan fingerprint density at radius 1 is 1.00 bits per heavy atom. The summed E-state index contributed by atoms with van der Waals surface area (Å²) in [5.41, 5.74) is 5.84. The molecule has 0 spiro atoms. The van der Waals surface area contributed by atoms with Gasteiger partial charge in [-0.1, -0.05) is 30.3 Å². The number of fused-ring (bicyclic) bond motifs is 1. The quantitative estimate of drug-likeness (QED) is 0.408. The van der Waals surface area contributed by atoms with Crippen molar-refractivity contribution in [3.63, 3.8) is 0 Å². The highest BCUT2D eigenvalue weighted by Crippen LogP contribution is 2.28. The van der Waals surface area contributed by atoms with Crippen molar-refractivity contribution < 1.29 is 4.42 Å². The number of imidazole rings is 1. The van der Waals surface area contributed by atoms with Gasteiger partial charge in [0.2, 0.25) is 0 Å². The van der Waals surface area contributed by atoms with Crippen LogP contribution in [-0.4, -0.2) is 16.2 Å². The first kappa shape index (κ1) is 14.6. The van der Waals surface area contributed by atoms with Crippen LogP contribution in [0.3, 0.4) is 0 Å². The summed E-state index contributed by atoms with van der Waals surface area (Å²) in [5.74, 6) is 0.678. The summed E-state index contributed by atoms with van der Waals surface area (Å²) in [6.45, 7) is 0. The fraction of sp³-hybridized carbons (Fsp3) is 0. The van der Waals surface area contributed by atoms with E-state index >= 15 is 0 Å². The average molecular weight is 334 g/mol. The number of aromatic amines is 1. The molecule has 0 aliphatic rings. The molecule has 0 atom stereocenters. The standard InChI is InChI=1S/C18H14N4OS/c1-2-6-13(7-3-1)22-19-12-14-10-11-17(23-14)24-18-20-15-8-4-5-9-16(15)21-18/h1-12,22H,(H,20,21). The first-order valence-corrected chi connectivity index (χ1v) is 8.25. The van der Waals surface area contributed by atoms with E-state index in [0.717, 1.165) is 27.0 Å². The monoisotopic (exact) mass is 334 g/mol. The first-order valence-electron chi connectivity index (χ1n) is 7.43. The lowest BCUT2D eigenvalue weighted by Gasteiger charge is -1.97. The van der Waals surface area contributed by atoms with Crippen molar-refractivity contribution in [3.8, 4) is 0 Å². The van der Waals surface area contributed by atoms with Crippen molar-refractivity contribution in [1.82, 2.24) is 9.97 Å². The Morgan fingerprint density at radius 3 is 2.71 bits per heavy atom. The topological polar surface area (TPSA) is 66.2 Å². The van der Waals surface area contributed by atoms with Crippen LogP contribution in [0.25, 0.3) is 11.0 Å². The molecule has 0 aliphatic carbocycles. The molecule has 24 heavy (non-hydrogen) atoms. The van der Waals surface area contributed by atoms with Gasteiger partial charge in [0.25, 0.3) is 0 Å². The van der Waals surface area contributed by atoms with E-state index in [1.165, 1.54) is 11.8 Å². The van der Waals surface area contributed by atoms with Crippen LogP contribution in [0.5, 0.6) is 0 Å². The summed E-state index contributed by atoms with van der Waals surface area (Å²) < 4.78 is 5.74. The molecular weight excluding hydrogens is 320 g/mol. The van der Waals surface area contributed by atoms with Crippen molar-refractivity contribution in [2.45, 2.75) is 10.2 Å². The largest absolute Gasteiger partial charge is 0.448 e. The van der Waals surface area contributed by atoms with Crippen molar-refractivity contribution in [2.75, 3.05) is 5.43 Å². The highest BCUT2D eigenvalue weighted by atomic mass is 32.2. The fourth-order valence-corrected chi connectivity index (χ4v) is 2.98. The molecule has 6 heteroatoms. The van der Waals surface area contributed by atoms with Crippen LogP contribution in [0.15, 0.2) is 86.5 Å².